The third-order valence-electron chi connectivity index (χ3n) is 8.29. The van der Waals surface area contributed by atoms with Crippen LogP contribution < -0.4 is 4.90 Å². The number of allylic oxidation sites excluding steroid dienone is 2. The molecule has 0 N–H and O–H groups in total. The molecule has 1 saturated heterocycles. The molecule has 5 nitrogen and oxygen atoms in total. The Hall–Kier alpha value is -3.34. The van der Waals surface area contributed by atoms with E-state index < -0.39 is 0 Å². The van der Waals surface area contributed by atoms with Crippen LogP contribution in [0.1, 0.15) is 66.0 Å². The number of aryl methyl sites for hydroxylation is 3. The van der Waals surface area contributed by atoms with Crippen molar-refractivity contribution >= 4 is 22.7 Å². The monoisotopic (exact) mass is 465 g/mol. The van der Waals surface area contributed by atoms with Crippen molar-refractivity contribution in [1.82, 2.24) is 10.1 Å². The Kier molecular flexibility index (Phi) is 4.54. The van der Waals surface area contributed by atoms with Gasteiger partial charge in [0.25, 0.3) is 6.01 Å². The van der Waals surface area contributed by atoms with Gasteiger partial charge in [0.05, 0.1) is 0 Å². The third-order valence-corrected chi connectivity index (χ3v) is 8.29. The third kappa shape index (κ3) is 3.43. The molecule has 2 aromatic carbocycles. The Morgan fingerprint density at radius 1 is 0.971 bits per heavy atom. The standard InChI is InChI=1S/C30H31N3O2/c1-18-7-10-23-24(15-18)34-29(31-23)33-13-11-30(12-14-33)16-22(17-30)26-27(32-35-28(26)21-8-9-21)25-19(2)5-4-6-20(25)3/h4-7,10,15-16,21H,8-9,11-14,17H2,1-3H3. The van der Waals surface area contributed by atoms with Crippen molar-refractivity contribution in [1.29, 1.82) is 0 Å². The van der Waals surface area contributed by atoms with Gasteiger partial charge in [-0.3, -0.25) is 0 Å². The SMILES string of the molecule is Cc1ccc2nc(N3CCC4(C=C(c5c(-c6c(C)cccc6C)noc5C5CC5)C4)CC3)oc2c1. The van der Waals surface area contributed by atoms with Gasteiger partial charge in [-0.25, -0.2) is 0 Å². The molecule has 2 fully saturated rings. The molecule has 3 aliphatic rings. The molecule has 0 bridgehead atoms. The van der Waals surface area contributed by atoms with Crippen LogP contribution in [0.5, 0.6) is 0 Å². The molecule has 0 amide bonds. The van der Waals surface area contributed by atoms with E-state index in [1.165, 1.54) is 46.2 Å². The molecular formula is C30H31N3O2. The summed E-state index contributed by atoms with van der Waals surface area (Å²) in [4.78, 5) is 7.06. The summed E-state index contributed by atoms with van der Waals surface area (Å²) in [5.74, 6) is 1.65. The average molecular weight is 466 g/mol. The number of anilines is 1. The van der Waals surface area contributed by atoms with E-state index in [9.17, 15) is 0 Å². The Morgan fingerprint density at radius 3 is 2.43 bits per heavy atom. The normalized spacial score (nSPS) is 19.3. The Labute approximate surface area is 205 Å². The maximum atomic E-state index is 6.10. The van der Waals surface area contributed by atoms with Gasteiger partial charge in [-0.15, -0.1) is 0 Å². The van der Waals surface area contributed by atoms with Crippen molar-refractivity contribution < 1.29 is 8.94 Å². The fourth-order valence-corrected chi connectivity index (χ4v) is 6.10. The number of hydrogen-bond donors (Lipinski definition) is 0. The van der Waals surface area contributed by atoms with Gasteiger partial charge in [0.2, 0.25) is 0 Å². The number of oxazole rings is 1. The molecule has 3 heterocycles. The Balaban J connectivity index is 1.16. The molecule has 4 aromatic rings. The van der Waals surface area contributed by atoms with Crippen LogP contribution in [0.4, 0.5) is 6.01 Å². The first-order chi connectivity index (χ1) is 17.0. The highest BCUT2D eigenvalue weighted by Gasteiger charge is 2.44. The molecule has 1 aliphatic heterocycles. The summed E-state index contributed by atoms with van der Waals surface area (Å²) < 4.78 is 12.1. The van der Waals surface area contributed by atoms with E-state index in [1.807, 2.05) is 6.07 Å². The van der Waals surface area contributed by atoms with Crippen molar-refractivity contribution in [3.05, 3.63) is 70.5 Å². The predicted octanol–water partition coefficient (Wildman–Crippen LogP) is 7.36. The zero-order chi connectivity index (χ0) is 23.7. The fourth-order valence-electron chi connectivity index (χ4n) is 6.10. The minimum atomic E-state index is 0.268. The van der Waals surface area contributed by atoms with Crippen LogP contribution in [0.15, 0.2) is 51.4 Å². The number of fused-ring (bicyclic) bond motifs is 1. The second kappa shape index (κ2) is 7.58. The lowest BCUT2D eigenvalue weighted by atomic mass is 9.63. The molecule has 5 heteroatoms. The van der Waals surface area contributed by atoms with E-state index in [4.69, 9.17) is 13.9 Å². The fraction of sp³-hybridized carbons (Fsp3) is 0.400. The van der Waals surface area contributed by atoms with Crippen LogP contribution in [0.2, 0.25) is 0 Å². The number of piperidine rings is 1. The van der Waals surface area contributed by atoms with E-state index in [2.05, 4.69) is 67.2 Å². The van der Waals surface area contributed by atoms with Gasteiger partial charge in [0.1, 0.15) is 17.0 Å². The molecule has 7 rings (SSSR count). The molecule has 1 saturated carbocycles. The average Bonchev–Trinajstić information content (AvgIpc) is 3.44. The molecule has 0 radical (unpaired) electrons. The maximum absolute atomic E-state index is 6.10. The first kappa shape index (κ1) is 21.0. The van der Waals surface area contributed by atoms with Gasteiger partial charge in [0.15, 0.2) is 5.58 Å². The van der Waals surface area contributed by atoms with E-state index in [1.54, 1.807) is 0 Å². The molecule has 2 aliphatic carbocycles. The van der Waals surface area contributed by atoms with Crippen molar-refractivity contribution in [3.63, 3.8) is 0 Å². The smallest absolute Gasteiger partial charge is 0.298 e. The second-order valence-corrected chi connectivity index (χ2v) is 11.0. The van der Waals surface area contributed by atoms with Crippen LogP contribution >= 0.6 is 0 Å². The topological polar surface area (TPSA) is 55.3 Å². The van der Waals surface area contributed by atoms with Gasteiger partial charge >= 0.3 is 0 Å². The van der Waals surface area contributed by atoms with Crippen LogP contribution in [0.25, 0.3) is 27.9 Å². The lowest BCUT2D eigenvalue weighted by Crippen LogP contribution is -2.42. The summed E-state index contributed by atoms with van der Waals surface area (Å²) >= 11 is 0. The number of benzene rings is 2. The molecule has 35 heavy (non-hydrogen) atoms. The summed E-state index contributed by atoms with van der Waals surface area (Å²) in [5, 5.41) is 4.64. The first-order valence-corrected chi connectivity index (χ1v) is 12.9. The first-order valence-electron chi connectivity index (χ1n) is 12.9. The van der Waals surface area contributed by atoms with Gasteiger partial charge in [-0.05, 0) is 92.7 Å². The summed E-state index contributed by atoms with van der Waals surface area (Å²) in [6, 6.07) is 13.5. The Morgan fingerprint density at radius 2 is 1.71 bits per heavy atom. The number of rotatable bonds is 4. The van der Waals surface area contributed by atoms with Crippen LogP contribution in [0, 0.1) is 26.2 Å². The van der Waals surface area contributed by atoms with Gasteiger partial charge in [-0.2, -0.15) is 4.98 Å². The minimum Gasteiger partial charge on any atom is -0.423 e. The zero-order valence-electron chi connectivity index (χ0n) is 20.7. The number of nitrogens with zero attached hydrogens (tertiary/aromatic N) is 3. The van der Waals surface area contributed by atoms with Crippen molar-refractivity contribution in [3.8, 4) is 11.3 Å². The molecule has 178 valence electrons. The van der Waals surface area contributed by atoms with E-state index >= 15 is 0 Å². The van der Waals surface area contributed by atoms with Gasteiger partial charge in [0, 0.05) is 30.1 Å². The zero-order valence-corrected chi connectivity index (χ0v) is 20.7. The van der Waals surface area contributed by atoms with E-state index in [0.717, 1.165) is 60.9 Å². The highest BCUT2D eigenvalue weighted by atomic mass is 16.5. The van der Waals surface area contributed by atoms with E-state index in [0.29, 0.717) is 5.92 Å². The van der Waals surface area contributed by atoms with Gasteiger partial charge < -0.3 is 13.8 Å². The number of aromatic nitrogens is 2. The lowest BCUT2D eigenvalue weighted by molar-refractivity contribution is 0.272. The molecule has 1 spiro atoms. The molecule has 0 unspecified atom stereocenters. The summed E-state index contributed by atoms with van der Waals surface area (Å²) in [7, 11) is 0. The van der Waals surface area contributed by atoms with Gasteiger partial charge in [-0.1, -0.05) is 35.5 Å². The summed E-state index contributed by atoms with van der Waals surface area (Å²) in [6.07, 6.45) is 8.31. The van der Waals surface area contributed by atoms with Crippen LogP contribution in [0.3, 0.4) is 0 Å². The summed E-state index contributed by atoms with van der Waals surface area (Å²) in [6.45, 7) is 8.38. The largest absolute Gasteiger partial charge is 0.423 e. The van der Waals surface area contributed by atoms with Crippen molar-refractivity contribution in [2.24, 2.45) is 5.41 Å². The molecule has 2 aromatic heterocycles. The van der Waals surface area contributed by atoms with Crippen molar-refractivity contribution in [2.45, 2.75) is 58.8 Å². The highest BCUT2D eigenvalue weighted by molar-refractivity contribution is 5.86. The maximum Gasteiger partial charge on any atom is 0.298 e. The lowest BCUT2D eigenvalue weighted by Gasteiger charge is -2.46. The molecule has 0 atom stereocenters. The Bertz CT molecular complexity index is 1460. The van der Waals surface area contributed by atoms with E-state index in [-0.39, 0.29) is 5.41 Å². The minimum absolute atomic E-state index is 0.268. The highest BCUT2D eigenvalue weighted by Crippen LogP contribution is 2.56. The van der Waals surface area contributed by atoms with Crippen LogP contribution in [-0.2, 0) is 0 Å². The predicted molar refractivity (Wildman–Crippen MR) is 139 cm³/mol. The van der Waals surface area contributed by atoms with Crippen molar-refractivity contribution in [2.75, 3.05) is 18.0 Å². The number of hydrogen-bond acceptors (Lipinski definition) is 5. The van der Waals surface area contributed by atoms with Crippen LogP contribution in [-0.4, -0.2) is 23.2 Å². The molecular weight excluding hydrogens is 434 g/mol. The quantitative estimate of drug-likeness (QED) is 0.315. The summed E-state index contributed by atoms with van der Waals surface area (Å²) in [5.41, 5.74) is 10.8. The second-order valence-electron chi connectivity index (χ2n) is 11.0.